The van der Waals surface area contributed by atoms with E-state index in [1.807, 2.05) is 0 Å². The van der Waals surface area contributed by atoms with Crippen LogP contribution in [0.1, 0.15) is 0 Å². The van der Waals surface area contributed by atoms with Gasteiger partial charge in [0.25, 0.3) is 10.7 Å². The van der Waals surface area contributed by atoms with E-state index < -0.39 is 27.1 Å². The summed E-state index contributed by atoms with van der Waals surface area (Å²) in [6.07, 6.45) is 0. The quantitative estimate of drug-likeness (QED) is 0.689. The summed E-state index contributed by atoms with van der Waals surface area (Å²) >= 11 is 11.5. The highest BCUT2D eigenvalue weighted by atomic mass is 35.5. The molecule has 0 atom stereocenters. The third-order valence-corrected chi connectivity index (χ3v) is 4.97. The van der Waals surface area contributed by atoms with E-state index in [2.05, 4.69) is 19.9 Å². The first-order valence-electron chi connectivity index (χ1n) is 5.91. The number of nitrogens with zero attached hydrogens (tertiary/aromatic N) is 4. The molecule has 1 aliphatic rings. The van der Waals surface area contributed by atoms with Crippen molar-refractivity contribution < 1.29 is 13.2 Å². The average Bonchev–Trinajstić information content (AvgIpc) is 2.42. The van der Waals surface area contributed by atoms with Gasteiger partial charge in [0.15, 0.2) is 11.3 Å². The highest BCUT2D eigenvalue weighted by Gasteiger charge is 2.32. The lowest BCUT2D eigenvalue weighted by molar-refractivity contribution is -0.110. The van der Waals surface area contributed by atoms with Gasteiger partial charge in [-0.05, 0) is 23.2 Å². The number of aromatic amines is 1. The molecule has 22 heavy (non-hydrogen) atoms. The number of H-pyrrole nitrogens is 1. The van der Waals surface area contributed by atoms with Crippen LogP contribution in [0.4, 0.5) is 5.82 Å². The molecule has 3 heterocycles. The fraction of sp³-hybridized carbons (Fsp3) is 0.300. The number of hydrogen-bond acceptors (Lipinski definition) is 8. The smallest absolute Gasteiger partial charge is 0.278 e. The molecule has 3 rings (SSSR count). The van der Waals surface area contributed by atoms with Gasteiger partial charge in [-0.1, -0.05) is 0 Å². The van der Waals surface area contributed by atoms with Crippen LogP contribution in [0.2, 0.25) is 10.6 Å². The molecule has 0 radical (unpaired) electrons. The van der Waals surface area contributed by atoms with Gasteiger partial charge in [-0.25, -0.2) is 18.4 Å². The molecule has 1 N–H and O–H groups in total. The van der Waals surface area contributed by atoms with E-state index >= 15 is 0 Å². The molecule has 0 aromatic carbocycles. The average molecular weight is 364 g/mol. The molecule has 0 bridgehead atoms. The van der Waals surface area contributed by atoms with Gasteiger partial charge in [0.2, 0.25) is 20.4 Å². The summed E-state index contributed by atoms with van der Waals surface area (Å²) in [7, 11) is -3.75. The lowest BCUT2D eigenvalue weighted by atomic mass is 10.3. The Morgan fingerprint density at radius 1 is 1.09 bits per heavy atom. The van der Waals surface area contributed by atoms with Crippen molar-refractivity contribution in [2.75, 3.05) is 23.7 Å². The van der Waals surface area contributed by atoms with E-state index in [1.54, 1.807) is 0 Å². The van der Waals surface area contributed by atoms with Crippen LogP contribution in [0.25, 0.3) is 11.0 Å². The minimum Gasteiger partial charge on any atom is -0.345 e. The van der Waals surface area contributed by atoms with Crippen LogP contribution in [-0.2, 0) is 14.6 Å². The number of carbonyl (C=O) groups excluding carboxylic acids is 1. The van der Waals surface area contributed by atoms with Crippen LogP contribution in [0, 0.1) is 0 Å². The Morgan fingerprint density at radius 3 is 2.50 bits per heavy atom. The number of sulfone groups is 1. The maximum Gasteiger partial charge on any atom is 0.278 e. The van der Waals surface area contributed by atoms with Gasteiger partial charge in [-0.15, -0.1) is 0 Å². The second-order valence-electron chi connectivity index (χ2n) is 4.48. The molecule has 0 amide bonds. The fourth-order valence-electron chi connectivity index (χ4n) is 2.04. The minimum absolute atomic E-state index is 0.0165. The molecule has 9 nitrogen and oxygen atoms in total. The summed E-state index contributed by atoms with van der Waals surface area (Å²) in [4.78, 5) is 38.8. The first-order chi connectivity index (χ1) is 10.3. The van der Waals surface area contributed by atoms with Crippen molar-refractivity contribution in [2.45, 2.75) is 0 Å². The zero-order valence-electron chi connectivity index (χ0n) is 10.7. The monoisotopic (exact) mass is 363 g/mol. The molecule has 2 aromatic rings. The second-order valence-corrected chi connectivity index (χ2v) is 7.27. The Balaban J connectivity index is 2.19. The first kappa shape index (κ1) is 15.1. The summed E-state index contributed by atoms with van der Waals surface area (Å²) in [5, 5.41) is -1.34. The lowest BCUT2D eigenvalue weighted by Crippen LogP contribution is -2.44. The van der Waals surface area contributed by atoms with Gasteiger partial charge >= 0.3 is 0 Å². The van der Waals surface area contributed by atoms with Gasteiger partial charge in [0.1, 0.15) is 5.52 Å². The number of carbonyl (C=O) groups is 1. The Morgan fingerprint density at radius 2 is 1.82 bits per heavy atom. The van der Waals surface area contributed by atoms with E-state index in [4.69, 9.17) is 23.2 Å². The molecule has 116 valence electrons. The summed E-state index contributed by atoms with van der Waals surface area (Å²) in [5.41, 5.74) is -0.665. The summed E-state index contributed by atoms with van der Waals surface area (Å²) in [6.45, 7) is -0.389. The molecule has 1 saturated heterocycles. The molecule has 0 saturated carbocycles. The van der Waals surface area contributed by atoms with Crippen molar-refractivity contribution in [1.82, 2.24) is 19.9 Å². The Hall–Kier alpha value is -1.78. The first-order valence-corrected chi connectivity index (χ1v) is 8.32. The molecule has 0 aliphatic carbocycles. The molecule has 2 aromatic heterocycles. The van der Waals surface area contributed by atoms with E-state index in [-0.39, 0.29) is 39.7 Å². The molecular weight excluding hydrogens is 357 g/mol. The Labute approximate surface area is 133 Å². The Bertz CT molecular complexity index is 958. The largest absolute Gasteiger partial charge is 0.345 e. The number of hydrogen-bond donors (Lipinski definition) is 1. The topological polar surface area (TPSA) is 126 Å². The number of anilines is 1. The third kappa shape index (κ3) is 2.53. The number of fused-ring (bicyclic) bond motifs is 1. The van der Waals surface area contributed by atoms with E-state index in [1.165, 1.54) is 4.90 Å². The standard InChI is InChI=1S/C10H7Cl2N5O4S/c11-9-14-6-5(13-10(12)16-8(6)19)7(15-9)17-1-2-22(20,21)4(18)3-17/h1-3H2,(H,13,16,19). The summed E-state index contributed by atoms with van der Waals surface area (Å²) < 4.78 is 22.9. The summed E-state index contributed by atoms with van der Waals surface area (Å²) in [6, 6.07) is 0. The molecule has 1 aliphatic heterocycles. The van der Waals surface area contributed by atoms with Crippen LogP contribution >= 0.6 is 23.2 Å². The number of rotatable bonds is 1. The third-order valence-electron chi connectivity index (χ3n) is 3.08. The maximum absolute atomic E-state index is 11.8. The van der Waals surface area contributed by atoms with Gasteiger partial charge < -0.3 is 4.90 Å². The predicted octanol–water partition coefficient (Wildman–Crippen LogP) is -0.219. The predicted molar refractivity (Wildman–Crippen MR) is 79.0 cm³/mol. The van der Waals surface area contributed by atoms with Crippen LogP contribution in [-0.4, -0.2) is 52.3 Å². The van der Waals surface area contributed by atoms with Crippen molar-refractivity contribution in [1.29, 1.82) is 0 Å². The van der Waals surface area contributed by atoms with Gasteiger partial charge in [-0.2, -0.15) is 4.98 Å². The van der Waals surface area contributed by atoms with E-state index in [0.29, 0.717) is 0 Å². The van der Waals surface area contributed by atoms with E-state index in [9.17, 15) is 18.0 Å². The van der Waals surface area contributed by atoms with Crippen LogP contribution in [0.15, 0.2) is 4.79 Å². The van der Waals surface area contributed by atoms with Crippen molar-refractivity contribution in [3.8, 4) is 0 Å². The van der Waals surface area contributed by atoms with Crippen molar-refractivity contribution in [3.05, 3.63) is 20.9 Å². The van der Waals surface area contributed by atoms with E-state index in [0.717, 1.165) is 0 Å². The zero-order valence-corrected chi connectivity index (χ0v) is 13.0. The maximum atomic E-state index is 11.8. The van der Waals surface area contributed by atoms with Crippen molar-refractivity contribution in [3.63, 3.8) is 0 Å². The van der Waals surface area contributed by atoms with Gasteiger partial charge in [-0.3, -0.25) is 14.6 Å². The number of halogens is 2. The van der Waals surface area contributed by atoms with Crippen LogP contribution in [0.5, 0.6) is 0 Å². The Kier molecular flexibility index (Phi) is 3.54. The molecular formula is C10H7Cl2N5O4S. The van der Waals surface area contributed by atoms with Crippen molar-refractivity contribution >= 4 is 55.0 Å². The summed E-state index contributed by atoms with van der Waals surface area (Å²) in [5.74, 6) is -0.266. The normalized spacial score (nSPS) is 17.9. The second kappa shape index (κ2) is 5.14. The molecule has 1 fully saturated rings. The van der Waals surface area contributed by atoms with Crippen LogP contribution in [0.3, 0.4) is 0 Å². The molecule has 0 unspecified atom stereocenters. The van der Waals surface area contributed by atoms with Gasteiger partial charge in [0, 0.05) is 6.54 Å². The number of nitrogens with one attached hydrogen (secondary N) is 1. The minimum atomic E-state index is -3.75. The number of aromatic nitrogens is 4. The SMILES string of the molecule is O=C1CN(c2nc(Cl)nc3c(=O)[nH]c(Cl)nc23)CCS1(=O)=O. The van der Waals surface area contributed by atoms with Gasteiger partial charge in [0.05, 0.1) is 12.3 Å². The van der Waals surface area contributed by atoms with Crippen LogP contribution < -0.4 is 10.5 Å². The molecule has 0 spiro atoms. The lowest BCUT2D eigenvalue weighted by Gasteiger charge is -2.26. The highest BCUT2D eigenvalue weighted by molar-refractivity contribution is 8.06. The zero-order chi connectivity index (χ0) is 16.1. The molecule has 12 heteroatoms. The highest BCUT2D eigenvalue weighted by Crippen LogP contribution is 2.24. The van der Waals surface area contributed by atoms with Crippen molar-refractivity contribution in [2.24, 2.45) is 0 Å². The fourth-order valence-corrected chi connectivity index (χ4v) is 3.41.